The molecular formula is C14H9Cl2NO3. The Hall–Kier alpha value is -1.75. The van der Waals surface area contributed by atoms with Crippen LogP contribution in [0.25, 0.3) is 22.8 Å². The maximum absolute atomic E-state index is 9.58. The molecule has 1 aromatic carbocycles. The van der Waals surface area contributed by atoms with Gasteiger partial charge in [0.1, 0.15) is 5.69 Å². The lowest BCUT2D eigenvalue weighted by atomic mass is 10.1. The first-order chi connectivity index (χ1) is 9.69. The van der Waals surface area contributed by atoms with Crippen molar-refractivity contribution in [2.24, 2.45) is 0 Å². The molecule has 0 aliphatic rings. The SMILES string of the molecule is OCc1c(-c2cc(Cl)cc(Cl)c2)noc1-c1ccco1. The van der Waals surface area contributed by atoms with Crippen molar-refractivity contribution in [1.82, 2.24) is 5.16 Å². The molecule has 1 N–H and O–H groups in total. The Morgan fingerprint density at radius 3 is 2.50 bits per heavy atom. The van der Waals surface area contributed by atoms with E-state index in [2.05, 4.69) is 5.16 Å². The van der Waals surface area contributed by atoms with E-state index in [1.165, 1.54) is 6.26 Å². The second-order valence-corrected chi connectivity index (χ2v) is 5.01. The van der Waals surface area contributed by atoms with Gasteiger partial charge in [-0.15, -0.1) is 0 Å². The van der Waals surface area contributed by atoms with Crippen molar-refractivity contribution < 1.29 is 14.0 Å². The van der Waals surface area contributed by atoms with Crippen LogP contribution < -0.4 is 0 Å². The molecule has 0 saturated heterocycles. The molecule has 0 amide bonds. The van der Waals surface area contributed by atoms with Gasteiger partial charge in [-0.1, -0.05) is 28.4 Å². The van der Waals surface area contributed by atoms with Crippen molar-refractivity contribution in [2.45, 2.75) is 6.61 Å². The maximum Gasteiger partial charge on any atom is 0.208 e. The number of nitrogens with zero attached hydrogens (tertiary/aromatic N) is 1. The third kappa shape index (κ3) is 2.33. The van der Waals surface area contributed by atoms with Crippen molar-refractivity contribution >= 4 is 23.2 Å². The molecule has 0 bridgehead atoms. The third-order valence-electron chi connectivity index (χ3n) is 2.83. The zero-order valence-corrected chi connectivity index (χ0v) is 11.6. The molecule has 6 heteroatoms. The molecule has 0 aliphatic heterocycles. The van der Waals surface area contributed by atoms with Crippen LogP contribution in [-0.2, 0) is 6.61 Å². The minimum absolute atomic E-state index is 0.237. The highest BCUT2D eigenvalue weighted by molar-refractivity contribution is 6.35. The molecule has 3 aromatic rings. The zero-order valence-electron chi connectivity index (χ0n) is 10.1. The fourth-order valence-electron chi connectivity index (χ4n) is 1.97. The number of hydrogen-bond donors (Lipinski definition) is 1. The molecule has 0 aliphatic carbocycles. The summed E-state index contributed by atoms with van der Waals surface area (Å²) < 4.78 is 10.5. The van der Waals surface area contributed by atoms with Gasteiger partial charge in [-0.2, -0.15) is 0 Å². The molecule has 0 spiro atoms. The molecule has 2 heterocycles. The quantitative estimate of drug-likeness (QED) is 0.779. The summed E-state index contributed by atoms with van der Waals surface area (Å²) in [5, 5.41) is 14.5. The number of aliphatic hydroxyl groups excluding tert-OH is 1. The van der Waals surface area contributed by atoms with Gasteiger partial charge in [-0.3, -0.25) is 0 Å². The minimum atomic E-state index is -0.237. The van der Waals surface area contributed by atoms with Crippen molar-refractivity contribution in [1.29, 1.82) is 0 Å². The number of benzene rings is 1. The Morgan fingerprint density at radius 2 is 1.90 bits per heavy atom. The summed E-state index contributed by atoms with van der Waals surface area (Å²) in [6, 6.07) is 8.49. The Morgan fingerprint density at radius 1 is 1.15 bits per heavy atom. The van der Waals surface area contributed by atoms with E-state index in [4.69, 9.17) is 32.1 Å². The fourth-order valence-corrected chi connectivity index (χ4v) is 2.50. The van der Waals surface area contributed by atoms with Gasteiger partial charge in [0.15, 0.2) is 5.76 Å². The lowest BCUT2D eigenvalue weighted by molar-refractivity contribution is 0.281. The first-order valence-corrected chi connectivity index (χ1v) is 6.54. The summed E-state index contributed by atoms with van der Waals surface area (Å²) in [6.07, 6.45) is 1.52. The minimum Gasteiger partial charge on any atom is -0.461 e. The maximum atomic E-state index is 9.58. The topological polar surface area (TPSA) is 59.4 Å². The molecule has 3 rings (SSSR count). The molecular weight excluding hydrogens is 301 g/mol. The molecule has 4 nitrogen and oxygen atoms in total. The molecule has 0 fully saturated rings. The lowest BCUT2D eigenvalue weighted by Crippen LogP contribution is -1.88. The van der Waals surface area contributed by atoms with Crippen LogP contribution >= 0.6 is 23.2 Å². The second kappa shape index (κ2) is 5.32. The van der Waals surface area contributed by atoms with Gasteiger partial charge in [-0.25, -0.2) is 0 Å². The number of halogens is 2. The highest BCUT2D eigenvalue weighted by Gasteiger charge is 2.20. The van der Waals surface area contributed by atoms with Gasteiger partial charge >= 0.3 is 0 Å². The third-order valence-corrected chi connectivity index (χ3v) is 3.26. The normalized spacial score (nSPS) is 10.9. The van der Waals surface area contributed by atoms with Crippen molar-refractivity contribution in [3.63, 3.8) is 0 Å². The summed E-state index contributed by atoms with van der Waals surface area (Å²) >= 11 is 12.0. The van der Waals surface area contributed by atoms with Gasteiger partial charge in [0.05, 0.1) is 18.4 Å². The number of rotatable bonds is 3. The van der Waals surface area contributed by atoms with E-state index in [1.54, 1.807) is 30.3 Å². The number of aliphatic hydroxyl groups is 1. The van der Waals surface area contributed by atoms with E-state index in [0.717, 1.165) is 0 Å². The van der Waals surface area contributed by atoms with E-state index >= 15 is 0 Å². The predicted molar refractivity (Wildman–Crippen MR) is 75.6 cm³/mol. The highest BCUT2D eigenvalue weighted by atomic mass is 35.5. The summed E-state index contributed by atoms with van der Waals surface area (Å²) in [4.78, 5) is 0. The van der Waals surface area contributed by atoms with Crippen LogP contribution in [0.15, 0.2) is 45.5 Å². The number of aromatic nitrogens is 1. The zero-order chi connectivity index (χ0) is 14.1. The van der Waals surface area contributed by atoms with Gasteiger partial charge in [-0.05, 0) is 30.3 Å². The average Bonchev–Trinajstić information content (AvgIpc) is 3.06. The molecule has 2 aromatic heterocycles. The summed E-state index contributed by atoms with van der Waals surface area (Å²) in [7, 11) is 0. The van der Waals surface area contributed by atoms with Crippen molar-refractivity contribution in [2.75, 3.05) is 0 Å². The first kappa shape index (κ1) is 13.2. The Labute approximate surface area is 124 Å². The van der Waals surface area contributed by atoms with Crippen LogP contribution in [0.5, 0.6) is 0 Å². The van der Waals surface area contributed by atoms with Crippen LogP contribution in [0.4, 0.5) is 0 Å². The lowest BCUT2D eigenvalue weighted by Gasteiger charge is -2.02. The fraction of sp³-hybridized carbons (Fsp3) is 0.0714. The van der Waals surface area contributed by atoms with E-state index in [9.17, 15) is 5.11 Å². The molecule has 0 saturated carbocycles. The molecule has 0 radical (unpaired) electrons. The van der Waals surface area contributed by atoms with Gasteiger partial charge < -0.3 is 14.0 Å². The number of furan rings is 1. The second-order valence-electron chi connectivity index (χ2n) is 4.13. The smallest absolute Gasteiger partial charge is 0.208 e. The number of hydrogen-bond acceptors (Lipinski definition) is 4. The largest absolute Gasteiger partial charge is 0.461 e. The standard InChI is InChI=1S/C14H9Cl2NO3/c15-9-4-8(5-10(16)6-9)13-11(7-18)14(20-17-13)12-2-1-3-19-12/h1-6,18H,7H2. The van der Waals surface area contributed by atoms with Crippen LogP contribution in [-0.4, -0.2) is 10.3 Å². The Kier molecular flexibility index (Phi) is 3.53. The Balaban J connectivity index is 2.15. The molecule has 0 atom stereocenters. The van der Waals surface area contributed by atoms with E-state index < -0.39 is 0 Å². The average molecular weight is 310 g/mol. The van der Waals surface area contributed by atoms with E-state index in [0.29, 0.717) is 38.4 Å². The summed E-state index contributed by atoms with van der Waals surface area (Å²) in [6.45, 7) is -0.237. The van der Waals surface area contributed by atoms with E-state index in [-0.39, 0.29) is 6.61 Å². The molecule has 102 valence electrons. The summed E-state index contributed by atoms with van der Waals surface area (Å²) in [5.74, 6) is 0.893. The van der Waals surface area contributed by atoms with Crippen molar-refractivity contribution in [3.05, 3.63) is 52.2 Å². The van der Waals surface area contributed by atoms with Crippen molar-refractivity contribution in [3.8, 4) is 22.8 Å². The van der Waals surface area contributed by atoms with Crippen LogP contribution in [0.3, 0.4) is 0 Å². The van der Waals surface area contributed by atoms with Gasteiger partial charge in [0, 0.05) is 15.6 Å². The van der Waals surface area contributed by atoms with Crippen LogP contribution in [0, 0.1) is 0 Å². The van der Waals surface area contributed by atoms with Gasteiger partial charge in [0.25, 0.3) is 0 Å². The monoisotopic (exact) mass is 309 g/mol. The van der Waals surface area contributed by atoms with Crippen LogP contribution in [0.2, 0.25) is 10.0 Å². The first-order valence-electron chi connectivity index (χ1n) is 5.79. The predicted octanol–water partition coefficient (Wildman–Crippen LogP) is 4.40. The van der Waals surface area contributed by atoms with Crippen LogP contribution in [0.1, 0.15) is 5.56 Å². The highest BCUT2D eigenvalue weighted by Crippen LogP contribution is 2.34. The summed E-state index contributed by atoms with van der Waals surface area (Å²) in [5.41, 5.74) is 1.69. The Bertz CT molecular complexity index is 715. The van der Waals surface area contributed by atoms with E-state index in [1.807, 2.05) is 0 Å². The molecule has 20 heavy (non-hydrogen) atoms. The van der Waals surface area contributed by atoms with Gasteiger partial charge in [0.2, 0.25) is 5.76 Å². The molecule has 0 unspecified atom stereocenters.